The van der Waals surface area contributed by atoms with E-state index >= 15 is 0 Å². The monoisotopic (exact) mass is 277 g/mol. The molecule has 100 valence electrons. The Morgan fingerprint density at radius 3 is 2.79 bits per heavy atom. The first-order chi connectivity index (χ1) is 9.15. The number of phenolic OH excluding ortho intramolecular Hbond substituents is 1. The third-order valence-corrected chi connectivity index (χ3v) is 3.41. The SMILES string of the molecule is N[C@H](Cc1ccc(O)cc1)C(=O)NCc1nccs1. The number of aromatic hydroxyl groups is 1. The number of benzene rings is 1. The number of amides is 1. The van der Waals surface area contributed by atoms with Crippen LogP contribution in [0.4, 0.5) is 0 Å². The third-order valence-electron chi connectivity index (χ3n) is 2.63. The third kappa shape index (κ3) is 4.04. The Bertz CT molecular complexity index is 525. The van der Waals surface area contributed by atoms with Gasteiger partial charge in [-0.3, -0.25) is 4.79 Å². The molecule has 2 rings (SSSR count). The fourth-order valence-corrected chi connectivity index (χ4v) is 2.17. The summed E-state index contributed by atoms with van der Waals surface area (Å²) in [5.74, 6) is -0.00572. The van der Waals surface area contributed by atoms with Gasteiger partial charge in [-0.1, -0.05) is 12.1 Å². The zero-order valence-electron chi connectivity index (χ0n) is 10.2. The van der Waals surface area contributed by atoms with Crippen LogP contribution < -0.4 is 11.1 Å². The highest BCUT2D eigenvalue weighted by molar-refractivity contribution is 7.09. The van der Waals surface area contributed by atoms with Crippen molar-refractivity contribution in [2.75, 3.05) is 0 Å². The molecule has 0 fully saturated rings. The molecular weight excluding hydrogens is 262 g/mol. The van der Waals surface area contributed by atoms with Gasteiger partial charge in [0.2, 0.25) is 5.91 Å². The molecule has 0 aliphatic rings. The lowest BCUT2D eigenvalue weighted by atomic mass is 10.1. The Hall–Kier alpha value is -1.92. The van der Waals surface area contributed by atoms with E-state index in [4.69, 9.17) is 5.73 Å². The lowest BCUT2D eigenvalue weighted by Gasteiger charge is -2.11. The van der Waals surface area contributed by atoms with E-state index in [-0.39, 0.29) is 11.7 Å². The number of hydrogen-bond donors (Lipinski definition) is 3. The Morgan fingerprint density at radius 2 is 2.16 bits per heavy atom. The average Bonchev–Trinajstić information content (AvgIpc) is 2.91. The van der Waals surface area contributed by atoms with Crippen molar-refractivity contribution in [3.8, 4) is 5.75 Å². The molecule has 0 unspecified atom stereocenters. The Morgan fingerprint density at radius 1 is 1.42 bits per heavy atom. The normalized spacial score (nSPS) is 12.1. The van der Waals surface area contributed by atoms with Crippen molar-refractivity contribution >= 4 is 17.2 Å². The summed E-state index contributed by atoms with van der Waals surface area (Å²) in [7, 11) is 0. The maximum absolute atomic E-state index is 11.8. The minimum absolute atomic E-state index is 0.200. The van der Waals surface area contributed by atoms with E-state index in [1.807, 2.05) is 5.38 Å². The van der Waals surface area contributed by atoms with Gasteiger partial charge < -0.3 is 16.2 Å². The minimum Gasteiger partial charge on any atom is -0.508 e. The van der Waals surface area contributed by atoms with E-state index in [0.717, 1.165) is 10.6 Å². The smallest absolute Gasteiger partial charge is 0.237 e. The summed E-state index contributed by atoms with van der Waals surface area (Å²) in [4.78, 5) is 15.9. The van der Waals surface area contributed by atoms with Gasteiger partial charge in [0.15, 0.2) is 0 Å². The number of thiazole rings is 1. The second-order valence-corrected chi connectivity index (χ2v) is 5.10. The van der Waals surface area contributed by atoms with E-state index in [1.54, 1.807) is 30.5 Å². The second-order valence-electron chi connectivity index (χ2n) is 4.12. The Balaban J connectivity index is 1.83. The molecule has 4 N–H and O–H groups in total. The summed E-state index contributed by atoms with van der Waals surface area (Å²) in [6.45, 7) is 0.403. The lowest BCUT2D eigenvalue weighted by molar-refractivity contribution is -0.122. The van der Waals surface area contributed by atoms with Gasteiger partial charge in [-0.25, -0.2) is 4.98 Å². The highest BCUT2D eigenvalue weighted by Crippen LogP contribution is 2.11. The number of rotatable bonds is 5. The summed E-state index contributed by atoms with van der Waals surface area (Å²) in [5, 5.41) is 14.6. The van der Waals surface area contributed by atoms with Crippen molar-refractivity contribution in [1.29, 1.82) is 0 Å². The maximum atomic E-state index is 11.8. The minimum atomic E-state index is -0.607. The van der Waals surface area contributed by atoms with Gasteiger partial charge in [0, 0.05) is 11.6 Å². The van der Waals surface area contributed by atoms with Crippen molar-refractivity contribution in [2.24, 2.45) is 5.73 Å². The first-order valence-electron chi connectivity index (χ1n) is 5.84. The van der Waals surface area contributed by atoms with Crippen molar-refractivity contribution in [1.82, 2.24) is 10.3 Å². The van der Waals surface area contributed by atoms with Crippen molar-refractivity contribution in [3.63, 3.8) is 0 Å². The van der Waals surface area contributed by atoms with E-state index in [1.165, 1.54) is 11.3 Å². The number of hydrogen-bond acceptors (Lipinski definition) is 5. The van der Waals surface area contributed by atoms with Gasteiger partial charge in [-0.2, -0.15) is 0 Å². The highest BCUT2D eigenvalue weighted by atomic mass is 32.1. The molecule has 0 spiro atoms. The molecule has 0 aliphatic heterocycles. The van der Waals surface area contributed by atoms with Crippen molar-refractivity contribution in [3.05, 3.63) is 46.4 Å². The van der Waals surface area contributed by atoms with Gasteiger partial charge in [0.1, 0.15) is 10.8 Å². The molecule has 1 atom stereocenters. The van der Waals surface area contributed by atoms with Crippen molar-refractivity contribution < 1.29 is 9.90 Å². The lowest BCUT2D eigenvalue weighted by Crippen LogP contribution is -2.41. The molecule has 5 nitrogen and oxygen atoms in total. The number of carbonyl (C=O) groups is 1. The molecule has 6 heteroatoms. The van der Waals surface area contributed by atoms with E-state index in [2.05, 4.69) is 10.3 Å². The molecule has 1 amide bonds. The summed E-state index contributed by atoms with van der Waals surface area (Å²) in [5.41, 5.74) is 6.75. The fraction of sp³-hybridized carbons (Fsp3) is 0.231. The van der Waals surface area contributed by atoms with Gasteiger partial charge in [-0.15, -0.1) is 11.3 Å². The topological polar surface area (TPSA) is 88.2 Å². The standard InChI is InChI=1S/C13H15N3O2S/c14-11(7-9-1-3-10(17)4-2-9)13(18)16-8-12-15-5-6-19-12/h1-6,11,17H,7-8,14H2,(H,16,18)/t11-/m1/s1. The van der Waals surface area contributed by atoms with E-state index in [0.29, 0.717) is 13.0 Å². The zero-order chi connectivity index (χ0) is 13.7. The number of nitrogens with one attached hydrogen (secondary N) is 1. The quantitative estimate of drug-likeness (QED) is 0.762. The van der Waals surface area contributed by atoms with Gasteiger partial charge >= 0.3 is 0 Å². The number of phenols is 1. The molecule has 1 aromatic carbocycles. The molecule has 0 aliphatic carbocycles. The largest absolute Gasteiger partial charge is 0.508 e. The Kier molecular flexibility index (Phi) is 4.48. The predicted octanol–water partition coefficient (Wildman–Crippen LogP) is 1.03. The van der Waals surface area contributed by atoms with Gasteiger partial charge in [0.05, 0.1) is 12.6 Å². The number of nitrogens with two attached hydrogens (primary N) is 1. The molecule has 1 aromatic heterocycles. The molecule has 0 bridgehead atoms. The van der Waals surface area contributed by atoms with Crippen LogP contribution in [0.2, 0.25) is 0 Å². The summed E-state index contributed by atoms with van der Waals surface area (Å²) in [6, 6.07) is 6.06. The molecule has 19 heavy (non-hydrogen) atoms. The first kappa shape index (κ1) is 13.5. The maximum Gasteiger partial charge on any atom is 0.237 e. The van der Waals surface area contributed by atoms with Crippen LogP contribution in [0.5, 0.6) is 5.75 Å². The van der Waals surface area contributed by atoms with Crippen LogP contribution in [0.1, 0.15) is 10.6 Å². The van der Waals surface area contributed by atoms with E-state index < -0.39 is 6.04 Å². The van der Waals surface area contributed by atoms with Crippen LogP contribution in [0.3, 0.4) is 0 Å². The van der Waals surface area contributed by atoms with Crippen LogP contribution in [0.25, 0.3) is 0 Å². The summed E-state index contributed by atoms with van der Waals surface area (Å²) in [6.07, 6.45) is 2.13. The average molecular weight is 277 g/mol. The van der Waals surface area contributed by atoms with Crippen LogP contribution in [0.15, 0.2) is 35.8 Å². The number of carbonyl (C=O) groups excluding carboxylic acids is 1. The van der Waals surface area contributed by atoms with Crippen LogP contribution >= 0.6 is 11.3 Å². The molecular formula is C13H15N3O2S. The number of aromatic nitrogens is 1. The highest BCUT2D eigenvalue weighted by Gasteiger charge is 2.14. The molecule has 1 heterocycles. The van der Waals surface area contributed by atoms with Crippen LogP contribution in [0, 0.1) is 0 Å². The van der Waals surface area contributed by atoms with Gasteiger partial charge in [-0.05, 0) is 24.1 Å². The van der Waals surface area contributed by atoms with Crippen LogP contribution in [-0.4, -0.2) is 22.0 Å². The van der Waals surface area contributed by atoms with E-state index in [9.17, 15) is 9.90 Å². The number of nitrogens with zero attached hydrogens (tertiary/aromatic N) is 1. The van der Waals surface area contributed by atoms with Crippen molar-refractivity contribution in [2.45, 2.75) is 19.0 Å². The summed E-state index contributed by atoms with van der Waals surface area (Å²) >= 11 is 1.49. The predicted molar refractivity (Wildman–Crippen MR) is 73.7 cm³/mol. The molecule has 2 aromatic rings. The van der Waals surface area contributed by atoms with Gasteiger partial charge in [0.25, 0.3) is 0 Å². The Labute approximate surface area is 115 Å². The zero-order valence-corrected chi connectivity index (χ0v) is 11.1. The summed E-state index contributed by atoms with van der Waals surface area (Å²) < 4.78 is 0. The molecule has 0 saturated heterocycles. The molecule has 0 saturated carbocycles. The van der Waals surface area contributed by atoms with Crippen LogP contribution in [-0.2, 0) is 17.8 Å². The second kappa shape index (κ2) is 6.31. The molecule has 0 radical (unpaired) electrons. The first-order valence-corrected chi connectivity index (χ1v) is 6.72. The fourth-order valence-electron chi connectivity index (χ4n) is 1.61.